The highest BCUT2D eigenvalue weighted by molar-refractivity contribution is 9.10. The molecule has 0 spiro atoms. The Morgan fingerprint density at radius 2 is 1.67 bits per heavy atom. The number of nitro benzene ring substituents is 1. The third-order valence-corrected chi connectivity index (χ3v) is 5.95. The molecule has 0 N–H and O–H groups in total. The molecule has 0 fully saturated rings. The van der Waals surface area contributed by atoms with Gasteiger partial charge in [-0.1, -0.05) is 58.4 Å². The van der Waals surface area contributed by atoms with Crippen LogP contribution in [0.5, 0.6) is 5.75 Å². The van der Waals surface area contributed by atoms with Gasteiger partial charge in [-0.2, -0.15) is 0 Å². The Morgan fingerprint density at radius 3 is 2.27 bits per heavy atom. The van der Waals surface area contributed by atoms with E-state index in [1.54, 1.807) is 12.1 Å². The van der Waals surface area contributed by atoms with Gasteiger partial charge in [0.1, 0.15) is 6.61 Å². The number of nitro groups is 1. The molecule has 0 saturated heterocycles. The van der Waals surface area contributed by atoms with Crippen LogP contribution in [0.1, 0.15) is 11.1 Å². The van der Waals surface area contributed by atoms with E-state index >= 15 is 0 Å². The van der Waals surface area contributed by atoms with E-state index in [4.69, 9.17) is 4.74 Å². The van der Waals surface area contributed by atoms with Gasteiger partial charge < -0.3 is 4.74 Å². The Morgan fingerprint density at radius 1 is 1.00 bits per heavy atom. The summed E-state index contributed by atoms with van der Waals surface area (Å²) in [6.07, 6.45) is 1.09. The van der Waals surface area contributed by atoms with Crippen molar-refractivity contribution in [1.29, 1.82) is 0 Å². The van der Waals surface area contributed by atoms with E-state index in [2.05, 4.69) is 15.9 Å². The van der Waals surface area contributed by atoms with Crippen molar-refractivity contribution in [3.63, 3.8) is 0 Å². The third kappa shape index (κ3) is 5.58. The SMILES string of the molecule is CS(=O)(=O)N(Cc1ccc(Br)cc1)c1ccc([N+](=O)[O-])cc1OCc1ccccc1. The van der Waals surface area contributed by atoms with E-state index < -0.39 is 14.9 Å². The van der Waals surface area contributed by atoms with Crippen LogP contribution in [-0.2, 0) is 23.2 Å². The van der Waals surface area contributed by atoms with Crippen molar-refractivity contribution >= 4 is 37.3 Å². The number of benzene rings is 3. The molecule has 0 saturated carbocycles. The fourth-order valence-corrected chi connectivity index (χ4v) is 3.97. The Kier molecular flexibility index (Phi) is 6.73. The summed E-state index contributed by atoms with van der Waals surface area (Å²) < 4.78 is 33.0. The first-order valence-electron chi connectivity index (χ1n) is 8.91. The second-order valence-corrected chi connectivity index (χ2v) is 9.40. The summed E-state index contributed by atoms with van der Waals surface area (Å²) in [5, 5.41) is 11.2. The van der Waals surface area contributed by atoms with E-state index in [-0.39, 0.29) is 30.3 Å². The van der Waals surface area contributed by atoms with E-state index in [1.807, 2.05) is 42.5 Å². The minimum atomic E-state index is -3.69. The maximum atomic E-state index is 12.6. The average Bonchev–Trinajstić information content (AvgIpc) is 2.71. The lowest BCUT2D eigenvalue weighted by molar-refractivity contribution is -0.384. The van der Waals surface area contributed by atoms with Gasteiger partial charge in [0.25, 0.3) is 5.69 Å². The van der Waals surface area contributed by atoms with Crippen LogP contribution in [0.2, 0.25) is 0 Å². The predicted molar refractivity (Wildman–Crippen MR) is 119 cm³/mol. The standard InChI is InChI=1S/C21H19BrN2O5S/c1-30(27,28)23(14-16-7-9-18(22)10-8-16)20-12-11-19(24(25)26)13-21(20)29-15-17-5-3-2-4-6-17/h2-13H,14-15H2,1H3. The van der Waals surface area contributed by atoms with Crippen molar-refractivity contribution in [2.24, 2.45) is 0 Å². The molecule has 3 aromatic rings. The second kappa shape index (κ2) is 9.27. The zero-order valence-corrected chi connectivity index (χ0v) is 18.5. The maximum Gasteiger partial charge on any atom is 0.273 e. The summed E-state index contributed by atoms with van der Waals surface area (Å²) in [5.41, 5.74) is 1.67. The molecule has 7 nitrogen and oxygen atoms in total. The van der Waals surface area contributed by atoms with E-state index in [1.165, 1.54) is 22.5 Å². The van der Waals surface area contributed by atoms with Gasteiger partial charge in [-0.25, -0.2) is 8.42 Å². The molecule has 30 heavy (non-hydrogen) atoms. The first kappa shape index (κ1) is 21.8. The van der Waals surface area contributed by atoms with Crippen LogP contribution in [0.25, 0.3) is 0 Å². The van der Waals surface area contributed by atoms with Crippen LogP contribution in [0, 0.1) is 10.1 Å². The Balaban J connectivity index is 2.00. The van der Waals surface area contributed by atoms with Gasteiger partial charge in [0.2, 0.25) is 10.0 Å². The predicted octanol–water partition coefficient (Wildman–Crippen LogP) is 4.90. The largest absolute Gasteiger partial charge is 0.486 e. The lowest BCUT2D eigenvalue weighted by Gasteiger charge is -2.25. The van der Waals surface area contributed by atoms with Gasteiger partial charge in [-0.3, -0.25) is 14.4 Å². The normalized spacial score (nSPS) is 11.1. The lowest BCUT2D eigenvalue weighted by atomic mass is 10.2. The van der Waals surface area contributed by atoms with Crippen molar-refractivity contribution < 1.29 is 18.1 Å². The summed E-state index contributed by atoms with van der Waals surface area (Å²) in [6, 6.07) is 20.4. The molecule has 0 bridgehead atoms. The summed E-state index contributed by atoms with van der Waals surface area (Å²) in [4.78, 5) is 10.7. The van der Waals surface area contributed by atoms with Crippen LogP contribution in [0.15, 0.2) is 77.3 Å². The highest BCUT2D eigenvalue weighted by atomic mass is 79.9. The van der Waals surface area contributed by atoms with Crippen molar-refractivity contribution in [1.82, 2.24) is 0 Å². The van der Waals surface area contributed by atoms with Gasteiger partial charge in [-0.05, 0) is 29.3 Å². The van der Waals surface area contributed by atoms with E-state index in [0.29, 0.717) is 0 Å². The first-order chi connectivity index (χ1) is 14.2. The smallest absolute Gasteiger partial charge is 0.273 e. The highest BCUT2D eigenvalue weighted by Gasteiger charge is 2.24. The van der Waals surface area contributed by atoms with Crippen molar-refractivity contribution in [2.75, 3.05) is 10.6 Å². The maximum absolute atomic E-state index is 12.6. The van der Waals surface area contributed by atoms with Gasteiger partial charge in [0, 0.05) is 10.5 Å². The molecular formula is C21H19BrN2O5S. The minimum absolute atomic E-state index is 0.0611. The molecule has 0 amide bonds. The molecular weight excluding hydrogens is 472 g/mol. The number of sulfonamides is 1. The Bertz CT molecular complexity index is 1140. The first-order valence-corrected chi connectivity index (χ1v) is 11.6. The monoisotopic (exact) mass is 490 g/mol. The number of anilines is 1. The Labute approximate surface area is 183 Å². The average molecular weight is 491 g/mol. The van der Waals surface area contributed by atoms with Gasteiger partial charge in [-0.15, -0.1) is 0 Å². The summed E-state index contributed by atoms with van der Waals surface area (Å²) in [7, 11) is -3.69. The summed E-state index contributed by atoms with van der Waals surface area (Å²) in [6.45, 7) is 0.205. The summed E-state index contributed by atoms with van der Waals surface area (Å²) >= 11 is 3.36. The molecule has 156 valence electrons. The molecule has 0 aliphatic carbocycles. The number of nitrogens with zero attached hydrogens (tertiary/aromatic N) is 2. The minimum Gasteiger partial charge on any atom is -0.486 e. The topological polar surface area (TPSA) is 89.8 Å². The van der Waals surface area contributed by atoms with Crippen LogP contribution in [0.4, 0.5) is 11.4 Å². The molecule has 0 heterocycles. The summed E-state index contributed by atoms with van der Waals surface area (Å²) in [5.74, 6) is 0.121. The van der Waals surface area contributed by atoms with Gasteiger partial charge in [0.15, 0.2) is 5.75 Å². The molecule has 3 rings (SSSR count). The molecule has 0 unspecified atom stereocenters. The van der Waals surface area contributed by atoms with Crippen LogP contribution >= 0.6 is 15.9 Å². The number of non-ortho nitro benzene ring substituents is 1. The van der Waals surface area contributed by atoms with Crippen molar-refractivity contribution in [3.05, 3.63) is 98.5 Å². The highest BCUT2D eigenvalue weighted by Crippen LogP contribution is 2.35. The third-order valence-electron chi connectivity index (χ3n) is 4.30. The quantitative estimate of drug-likeness (QED) is 0.330. The molecule has 0 aromatic heterocycles. The van der Waals surface area contributed by atoms with E-state index in [9.17, 15) is 18.5 Å². The zero-order chi connectivity index (χ0) is 21.7. The Hall–Kier alpha value is -2.91. The van der Waals surface area contributed by atoms with Crippen molar-refractivity contribution in [2.45, 2.75) is 13.2 Å². The van der Waals surface area contributed by atoms with Crippen LogP contribution in [-0.4, -0.2) is 19.6 Å². The fourth-order valence-electron chi connectivity index (χ4n) is 2.81. The number of halogens is 1. The molecule has 9 heteroatoms. The molecule has 0 radical (unpaired) electrons. The van der Waals surface area contributed by atoms with Gasteiger partial charge >= 0.3 is 0 Å². The number of hydrogen-bond acceptors (Lipinski definition) is 5. The molecule has 0 aliphatic rings. The number of rotatable bonds is 8. The molecule has 0 aliphatic heterocycles. The fraction of sp³-hybridized carbons (Fsp3) is 0.143. The van der Waals surface area contributed by atoms with Gasteiger partial charge in [0.05, 0.1) is 29.5 Å². The number of hydrogen-bond donors (Lipinski definition) is 0. The zero-order valence-electron chi connectivity index (χ0n) is 16.1. The van der Waals surface area contributed by atoms with E-state index in [0.717, 1.165) is 21.9 Å². The van der Waals surface area contributed by atoms with Crippen molar-refractivity contribution in [3.8, 4) is 5.75 Å². The molecule has 3 aromatic carbocycles. The lowest BCUT2D eigenvalue weighted by Crippen LogP contribution is -2.29. The van der Waals surface area contributed by atoms with Crippen LogP contribution in [0.3, 0.4) is 0 Å². The number of ether oxygens (including phenoxy) is 1. The van der Waals surface area contributed by atoms with Crippen LogP contribution < -0.4 is 9.04 Å². The molecule has 0 atom stereocenters. The second-order valence-electron chi connectivity index (χ2n) is 6.58.